The lowest BCUT2D eigenvalue weighted by atomic mass is 9.84. The molecule has 3 amide bonds. The Labute approximate surface area is 182 Å². The highest BCUT2D eigenvalue weighted by Gasteiger charge is 2.53. The predicted molar refractivity (Wildman–Crippen MR) is 115 cm³/mol. The van der Waals surface area contributed by atoms with E-state index in [-0.39, 0.29) is 56.9 Å². The lowest BCUT2D eigenvalue weighted by Crippen LogP contribution is -2.52. The van der Waals surface area contributed by atoms with Gasteiger partial charge in [-0.05, 0) is 24.5 Å². The highest BCUT2D eigenvalue weighted by Crippen LogP contribution is 2.46. The summed E-state index contributed by atoms with van der Waals surface area (Å²) < 4.78 is 26.5. The normalized spacial score (nSPS) is 22.2. The Hall–Kier alpha value is -2.52. The minimum absolute atomic E-state index is 0.180. The highest BCUT2D eigenvalue weighted by molar-refractivity contribution is 7.92. The van der Waals surface area contributed by atoms with Crippen molar-refractivity contribution in [1.29, 1.82) is 0 Å². The van der Waals surface area contributed by atoms with Gasteiger partial charge in [-0.2, -0.15) is 4.31 Å². The first-order valence-electron chi connectivity index (χ1n) is 10.7. The number of benzene rings is 1. The molecule has 1 aromatic carbocycles. The first-order valence-corrected chi connectivity index (χ1v) is 12.2. The highest BCUT2D eigenvalue weighted by atomic mass is 32.2. The van der Waals surface area contributed by atoms with Crippen LogP contribution in [0.15, 0.2) is 35.7 Å². The predicted octanol–water partition coefficient (Wildman–Crippen LogP) is 1.45. The van der Waals surface area contributed by atoms with E-state index in [9.17, 15) is 22.8 Å². The number of carbonyl (C=O) groups excluding carboxylic acids is 3. The Morgan fingerprint density at radius 3 is 2.29 bits per heavy atom. The van der Waals surface area contributed by atoms with Crippen molar-refractivity contribution in [1.82, 2.24) is 14.1 Å². The van der Waals surface area contributed by atoms with Crippen LogP contribution in [0.2, 0.25) is 0 Å². The Kier molecular flexibility index (Phi) is 5.98. The molecule has 3 fully saturated rings. The molecule has 1 spiro atoms. The summed E-state index contributed by atoms with van der Waals surface area (Å²) in [7, 11) is -3.59. The topological polar surface area (TPSA) is 95.1 Å². The molecule has 1 aromatic rings. The average molecular weight is 446 g/mol. The quantitative estimate of drug-likeness (QED) is 0.640. The summed E-state index contributed by atoms with van der Waals surface area (Å²) in [5, 5.41) is 1.18. The first-order chi connectivity index (χ1) is 14.8. The van der Waals surface area contributed by atoms with Crippen molar-refractivity contribution in [3.8, 4) is 0 Å². The molecule has 4 rings (SSSR count). The number of rotatable bonds is 5. The van der Waals surface area contributed by atoms with Crippen LogP contribution in [0.25, 0.3) is 6.08 Å². The fraction of sp³-hybridized carbons (Fsp3) is 0.500. The maximum Gasteiger partial charge on any atom is 0.242 e. The number of hydrogen-bond donors (Lipinski definition) is 0. The number of hydrogen-bond acceptors (Lipinski definition) is 5. The lowest BCUT2D eigenvalue weighted by molar-refractivity contribution is -0.147. The second-order valence-electron chi connectivity index (χ2n) is 8.49. The van der Waals surface area contributed by atoms with Gasteiger partial charge in [0.1, 0.15) is 6.54 Å². The number of likely N-dealkylation sites (tertiary alicyclic amines) is 1. The van der Waals surface area contributed by atoms with E-state index in [4.69, 9.17) is 0 Å². The minimum atomic E-state index is -3.59. The van der Waals surface area contributed by atoms with Gasteiger partial charge in [-0.1, -0.05) is 43.2 Å². The van der Waals surface area contributed by atoms with Crippen LogP contribution in [0.4, 0.5) is 0 Å². The average Bonchev–Trinajstić information content (AvgIpc) is 3.33. The van der Waals surface area contributed by atoms with Crippen molar-refractivity contribution in [2.24, 2.45) is 5.41 Å². The summed E-state index contributed by atoms with van der Waals surface area (Å²) in [5.41, 5.74) is 0.203. The number of amides is 3. The Bertz CT molecular complexity index is 991. The van der Waals surface area contributed by atoms with Gasteiger partial charge in [0.15, 0.2) is 0 Å². The molecular formula is C22H27N3O5S. The van der Waals surface area contributed by atoms with Gasteiger partial charge < -0.3 is 4.90 Å². The molecule has 0 N–H and O–H groups in total. The van der Waals surface area contributed by atoms with Crippen molar-refractivity contribution < 1.29 is 22.8 Å². The van der Waals surface area contributed by atoms with Crippen molar-refractivity contribution in [2.45, 2.75) is 32.1 Å². The molecule has 31 heavy (non-hydrogen) atoms. The van der Waals surface area contributed by atoms with Crippen LogP contribution in [-0.2, 0) is 24.4 Å². The molecule has 9 heteroatoms. The summed E-state index contributed by atoms with van der Waals surface area (Å²) in [4.78, 5) is 40.5. The Balaban J connectivity index is 1.32. The fourth-order valence-electron chi connectivity index (χ4n) is 4.70. The Morgan fingerprint density at radius 2 is 1.65 bits per heavy atom. The number of nitrogens with zero attached hydrogens (tertiary/aromatic N) is 3. The SMILES string of the molecule is O=C(CN1C(=O)CC2(CCCC2)C1=O)N1CCN(S(=O)(=O)C=Cc2ccccc2)CC1. The summed E-state index contributed by atoms with van der Waals surface area (Å²) in [6.07, 6.45) is 5.08. The lowest BCUT2D eigenvalue weighted by Gasteiger charge is -2.34. The first kappa shape index (κ1) is 21.7. The molecule has 0 aromatic heterocycles. The van der Waals surface area contributed by atoms with Crippen molar-refractivity contribution in [2.75, 3.05) is 32.7 Å². The van der Waals surface area contributed by atoms with Gasteiger partial charge in [0, 0.05) is 38.0 Å². The van der Waals surface area contributed by atoms with Gasteiger partial charge >= 0.3 is 0 Å². The Morgan fingerprint density at radius 1 is 1.00 bits per heavy atom. The van der Waals surface area contributed by atoms with Crippen molar-refractivity contribution in [3.63, 3.8) is 0 Å². The van der Waals surface area contributed by atoms with Crippen LogP contribution in [0, 0.1) is 5.41 Å². The second kappa shape index (κ2) is 8.55. The van der Waals surface area contributed by atoms with Crippen LogP contribution in [0.1, 0.15) is 37.7 Å². The summed E-state index contributed by atoms with van der Waals surface area (Å²) in [5.74, 6) is -0.795. The van der Waals surface area contributed by atoms with E-state index in [2.05, 4.69) is 0 Å². The van der Waals surface area contributed by atoms with E-state index in [0.717, 1.165) is 36.1 Å². The zero-order valence-corrected chi connectivity index (χ0v) is 18.2. The van der Waals surface area contributed by atoms with Crippen LogP contribution in [-0.4, -0.2) is 73.0 Å². The molecule has 0 radical (unpaired) electrons. The van der Waals surface area contributed by atoms with Gasteiger partial charge in [0.25, 0.3) is 0 Å². The molecule has 2 saturated heterocycles. The van der Waals surface area contributed by atoms with E-state index in [1.165, 1.54) is 14.6 Å². The molecule has 2 aliphatic heterocycles. The third-order valence-electron chi connectivity index (χ3n) is 6.53. The molecule has 0 bridgehead atoms. The molecule has 0 atom stereocenters. The maximum absolute atomic E-state index is 12.8. The molecule has 3 aliphatic rings. The standard InChI is InChI=1S/C22H27N3O5S/c26-19-16-22(9-4-5-10-22)21(28)25(19)17-20(27)23-11-13-24(14-12-23)31(29,30)15-8-18-6-2-1-3-7-18/h1-3,6-8,15H,4-5,9-14,16-17H2. The number of carbonyl (C=O) groups is 3. The molecular weight excluding hydrogens is 418 g/mol. The van der Waals surface area contributed by atoms with Crippen molar-refractivity contribution in [3.05, 3.63) is 41.3 Å². The van der Waals surface area contributed by atoms with E-state index >= 15 is 0 Å². The van der Waals surface area contributed by atoms with Crippen LogP contribution >= 0.6 is 0 Å². The summed E-state index contributed by atoms with van der Waals surface area (Å²) in [6, 6.07) is 9.17. The van der Waals surface area contributed by atoms with Crippen LogP contribution < -0.4 is 0 Å². The van der Waals surface area contributed by atoms with Gasteiger partial charge in [0.2, 0.25) is 27.7 Å². The van der Waals surface area contributed by atoms with E-state index in [1.807, 2.05) is 30.3 Å². The third kappa shape index (κ3) is 4.43. The van der Waals surface area contributed by atoms with Crippen molar-refractivity contribution >= 4 is 33.8 Å². The smallest absolute Gasteiger partial charge is 0.242 e. The molecule has 0 unspecified atom stereocenters. The second-order valence-corrected chi connectivity index (χ2v) is 10.3. The molecule has 1 saturated carbocycles. The van der Waals surface area contributed by atoms with Gasteiger partial charge in [0.05, 0.1) is 5.41 Å². The maximum atomic E-state index is 12.8. The van der Waals surface area contributed by atoms with E-state index in [1.54, 1.807) is 6.08 Å². The molecule has 1 aliphatic carbocycles. The zero-order chi connectivity index (χ0) is 22.1. The van der Waals surface area contributed by atoms with E-state index < -0.39 is 15.4 Å². The van der Waals surface area contributed by atoms with E-state index in [0.29, 0.717) is 0 Å². The van der Waals surface area contributed by atoms with Crippen LogP contribution in [0.5, 0.6) is 0 Å². The minimum Gasteiger partial charge on any atom is -0.338 e. The largest absolute Gasteiger partial charge is 0.338 e. The summed E-state index contributed by atoms with van der Waals surface area (Å²) >= 11 is 0. The number of sulfonamides is 1. The molecule has 8 nitrogen and oxygen atoms in total. The zero-order valence-electron chi connectivity index (χ0n) is 17.4. The third-order valence-corrected chi connectivity index (χ3v) is 8.09. The number of piperazine rings is 1. The van der Waals surface area contributed by atoms with Gasteiger partial charge in [-0.15, -0.1) is 0 Å². The molecule has 166 valence electrons. The summed E-state index contributed by atoms with van der Waals surface area (Å²) in [6.45, 7) is 0.579. The van der Waals surface area contributed by atoms with Crippen LogP contribution in [0.3, 0.4) is 0 Å². The molecule has 2 heterocycles. The van der Waals surface area contributed by atoms with Gasteiger partial charge in [-0.25, -0.2) is 8.42 Å². The van der Waals surface area contributed by atoms with Gasteiger partial charge in [-0.3, -0.25) is 19.3 Å². The number of imide groups is 1. The fourth-order valence-corrected chi connectivity index (χ4v) is 5.88. The monoisotopic (exact) mass is 445 g/mol.